The van der Waals surface area contributed by atoms with Crippen LogP contribution < -0.4 is 14.4 Å². The van der Waals surface area contributed by atoms with Crippen LogP contribution in [0.25, 0.3) is 0 Å². The van der Waals surface area contributed by atoms with Crippen molar-refractivity contribution in [1.29, 1.82) is 0 Å². The van der Waals surface area contributed by atoms with Crippen LogP contribution in [0.3, 0.4) is 0 Å². The Bertz CT molecular complexity index is 1430. The van der Waals surface area contributed by atoms with Crippen LogP contribution in [-0.2, 0) is 26.2 Å². The van der Waals surface area contributed by atoms with Gasteiger partial charge in [0.2, 0.25) is 11.8 Å². The van der Waals surface area contributed by atoms with Crippen molar-refractivity contribution in [2.75, 3.05) is 17.5 Å². The number of carbonyl (C=O) groups excluding carboxylic acids is 2. The summed E-state index contributed by atoms with van der Waals surface area (Å²) in [4.78, 5) is 28.7. The third kappa shape index (κ3) is 8.33. The number of benzene rings is 3. The molecule has 0 aromatic heterocycles. The highest BCUT2D eigenvalue weighted by Crippen LogP contribution is 2.27. The summed E-state index contributed by atoms with van der Waals surface area (Å²) >= 11 is 3.34. The zero-order chi connectivity index (χ0) is 30.2. The van der Waals surface area contributed by atoms with Gasteiger partial charge in [0.15, 0.2) is 0 Å². The van der Waals surface area contributed by atoms with E-state index in [9.17, 15) is 18.0 Å². The number of halogens is 1. The van der Waals surface area contributed by atoms with Crippen LogP contribution in [0.5, 0.6) is 5.75 Å². The van der Waals surface area contributed by atoms with E-state index in [1.54, 1.807) is 43.3 Å². The first-order valence-electron chi connectivity index (χ1n) is 13.6. The van der Waals surface area contributed by atoms with Gasteiger partial charge < -0.3 is 15.0 Å². The van der Waals surface area contributed by atoms with Crippen LogP contribution in [-0.4, -0.2) is 50.4 Å². The predicted octanol–water partition coefficient (Wildman–Crippen LogP) is 5.68. The molecule has 3 aromatic rings. The van der Waals surface area contributed by atoms with E-state index in [0.29, 0.717) is 18.0 Å². The number of amides is 2. The molecule has 3 aromatic carbocycles. The lowest BCUT2D eigenvalue weighted by molar-refractivity contribution is -0.139. The molecule has 0 saturated carbocycles. The van der Waals surface area contributed by atoms with Gasteiger partial charge in [-0.15, -0.1) is 0 Å². The molecule has 0 aliphatic heterocycles. The van der Waals surface area contributed by atoms with Crippen molar-refractivity contribution in [1.82, 2.24) is 10.2 Å². The Kier molecular flexibility index (Phi) is 11.4. The van der Waals surface area contributed by atoms with Crippen molar-refractivity contribution >= 4 is 43.5 Å². The molecular formula is C31H38BrN3O5S. The van der Waals surface area contributed by atoms with Crippen molar-refractivity contribution < 1.29 is 22.7 Å². The molecule has 2 atom stereocenters. The van der Waals surface area contributed by atoms with Gasteiger partial charge in [-0.3, -0.25) is 13.9 Å². The van der Waals surface area contributed by atoms with Crippen molar-refractivity contribution in [2.45, 2.75) is 64.6 Å². The molecular weight excluding hydrogens is 606 g/mol. The largest absolute Gasteiger partial charge is 0.494 e. The van der Waals surface area contributed by atoms with Crippen molar-refractivity contribution in [3.05, 3.63) is 88.4 Å². The van der Waals surface area contributed by atoms with Crippen LogP contribution in [0.15, 0.2) is 82.2 Å². The quantitative estimate of drug-likeness (QED) is 0.258. The van der Waals surface area contributed by atoms with Gasteiger partial charge in [0.25, 0.3) is 10.0 Å². The van der Waals surface area contributed by atoms with Crippen LogP contribution in [0.4, 0.5) is 5.69 Å². The van der Waals surface area contributed by atoms with Gasteiger partial charge in [-0.1, -0.05) is 47.1 Å². The summed E-state index contributed by atoms with van der Waals surface area (Å²) in [7, 11) is -4.15. The molecule has 0 spiro atoms. The summed E-state index contributed by atoms with van der Waals surface area (Å²) in [5.74, 6) is -0.223. The minimum atomic E-state index is -4.15. The molecule has 8 nitrogen and oxygen atoms in total. The van der Waals surface area contributed by atoms with Gasteiger partial charge in [0, 0.05) is 17.1 Å². The highest BCUT2D eigenvalue weighted by atomic mass is 79.9. The monoisotopic (exact) mass is 643 g/mol. The van der Waals surface area contributed by atoms with Gasteiger partial charge in [0.05, 0.1) is 17.2 Å². The first-order chi connectivity index (χ1) is 19.5. The maximum absolute atomic E-state index is 14.1. The van der Waals surface area contributed by atoms with E-state index in [0.717, 1.165) is 26.3 Å². The smallest absolute Gasteiger partial charge is 0.264 e. The second-order valence-corrected chi connectivity index (χ2v) is 12.6. The number of ether oxygens (including phenoxy) is 1. The van der Waals surface area contributed by atoms with Crippen LogP contribution in [0.1, 0.15) is 45.2 Å². The van der Waals surface area contributed by atoms with E-state index < -0.39 is 28.5 Å². The van der Waals surface area contributed by atoms with Gasteiger partial charge in [0.1, 0.15) is 18.3 Å². The Balaban J connectivity index is 2.04. The molecule has 0 aliphatic carbocycles. The Labute approximate surface area is 251 Å². The third-order valence-electron chi connectivity index (χ3n) is 6.89. The Morgan fingerprint density at radius 2 is 1.59 bits per heavy atom. The number of aryl methyl sites for hydroxylation is 1. The van der Waals surface area contributed by atoms with Crippen molar-refractivity contribution in [3.63, 3.8) is 0 Å². The molecule has 0 unspecified atom stereocenters. The predicted molar refractivity (Wildman–Crippen MR) is 165 cm³/mol. The van der Waals surface area contributed by atoms with Gasteiger partial charge in [-0.2, -0.15) is 0 Å². The first-order valence-corrected chi connectivity index (χ1v) is 15.9. The van der Waals surface area contributed by atoms with E-state index in [1.807, 2.05) is 52.0 Å². The maximum atomic E-state index is 14.1. The van der Waals surface area contributed by atoms with Crippen LogP contribution in [0, 0.1) is 6.92 Å². The highest BCUT2D eigenvalue weighted by Gasteiger charge is 2.33. The topological polar surface area (TPSA) is 96.0 Å². The molecule has 41 heavy (non-hydrogen) atoms. The van der Waals surface area contributed by atoms with E-state index in [2.05, 4.69) is 21.2 Å². The highest BCUT2D eigenvalue weighted by molar-refractivity contribution is 9.10. The number of nitrogens with zero attached hydrogens (tertiary/aromatic N) is 2. The van der Waals surface area contributed by atoms with Gasteiger partial charge >= 0.3 is 0 Å². The number of rotatable bonds is 13. The number of carbonyl (C=O) groups is 2. The fraction of sp³-hybridized carbons (Fsp3) is 0.355. The summed E-state index contributed by atoms with van der Waals surface area (Å²) in [5, 5.41) is 2.95. The zero-order valence-corrected chi connectivity index (χ0v) is 26.5. The normalized spacial score (nSPS) is 12.7. The molecule has 0 fully saturated rings. The molecule has 1 N–H and O–H groups in total. The number of hydrogen-bond donors (Lipinski definition) is 1. The minimum absolute atomic E-state index is 0.0374. The van der Waals surface area contributed by atoms with E-state index in [-0.39, 0.29) is 23.4 Å². The van der Waals surface area contributed by atoms with Gasteiger partial charge in [-0.05, 0) is 93.8 Å². The van der Waals surface area contributed by atoms with Crippen molar-refractivity contribution in [2.24, 2.45) is 0 Å². The second kappa shape index (κ2) is 14.5. The summed E-state index contributed by atoms with van der Waals surface area (Å²) in [5.41, 5.74) is 2.13. The lowest BCUT2D eigenvalue weighted by Crippen LogP contribution is -2.52. The molecule has 0 aliphatic rings. The average molecular weight is 645 g/mol. The summed E-state index contributed by atoms with van der Waals surface area (Å²) in [6.07, 6.45) is 0.737. The molecule has 3 rings (SSSR count). The van der Waals surface area contributed by atoms with Crippen LogP contribution in [0.2, 0.25) is 0 Å². The van der Waals surface area contributed by atoms with Gasteiger partial charge in [-0.25, -0.2) is 8.42 Å². The Morgan fingerprint density at radius 3 is 2.17 bits per heavy atom. The molecule has 0 radical (unpaired) electrons. The molecule has 0 heterocycles. The number of nitrogens with one attached hydrogen (secondary N) is 1. The van der Waals surface area contributed by atoms with E-state index >= 15 is 0 Å². The lowest BCUT2D eigenvalue weighted by atomic mass is 10.1. The Hall–Kier alpha value is -3.37. The summed E-state index contributed by atoms with van der Waals surface area (Å²) < 4.78 is 35.2. The fourth-order valence-electron chi connectivity index (χ4n) is 4.16. The molecule has 220 valence electrons. The SMILES string of the molecule is CCOc1ccc(N(CC(=O)N(Cc2ccccc2C)[C@H](C)C(=O)N[C@H](C)CC)S(=O)(=O)c2ccc(Br)cc2)cc1. The fourth-order valence-corrected chi connectivity index (χ4v) is 5.84. The van der Waals surface area contributed by atoms with E-state index in [1.165, 1.54) is 17.0 Å². The lowest BCUT2D eigenvalue weighted by Gasteiger charge is -2.32. The van der Waals surface area contributed by atoms with Crippen molar-refractivity contribution in [3.8, 4) is 5.75 Å². The average Bonchev–Trinajstić information content (AvgIpc) is 2.95. The Morgan fingerprint density at radius 1 is 0.951 bits per heavy atom. The van der Waals surface area contributed by atoms with E-state index in [4.69, 9.17) is 4.74 Å². The minimum Gasteiger partial charge on any atom is -0.494 e. The number of sulfonamides is 1. The standard InChI is InChI=1S/C31H38BrN3O5S/c1-6-23(4)33-31(37)24(5)34(20-25-11-9-8-10-22(25)3)30(36)21-35(27-14-16-28(17-15-27)40-7-2)41(38,39)29-18-12-26(32)13-19-29/h8-19,23-24H,6-7,20-21H2,1-5H3,(H,33,37)/t23-,24-/m1/s1. The molecule has 2 amide bonds. The molecule has 0 bridgehead atoms. The number of anilines is 1. The van der Waals surface area contributed by atoms with Crippen LogP contribution >= 0.6 is 15.9 Å². The zero-order valence-electron chi connectivity index (χ0n) is 24.1. The summed E-state index contributed by atoms with van der Waals surface area (Å²) in [6.45, 7) is 9.44. The maximum Gasteiger partial charge on any atom is 0.264 e. The summed E-state index contributed by atoms with van der Waals surface area (Å²) in [6, 6.07) is 19.5. The molecule has 0 saturated heterocycles. The number of hydrogen-bond acceptors (Lipinski definition) is 5. The second-order valence-electron chi connectivity index (χ2n) is 9.83. The first kappa shape index (κ1) is 32.1. The molecule has 10 heteroatoms. The third-order valence-corrected chi connectivity index (χ3v) is 9.20.